The fourth-order valence-corrected chi connectivity index (χ4v) is 1.40. The van der Waals surface area contributed by atoms with Gasteiger partial charge in [0, 0.05) is 5.56 Å². The Morgan fingerprint density at radius 1 is 1.33 bits per heavy atom. The number of nitrogens with two attached hydrogens (primary N) is 1. The predicted molar refractivity (Wildman–Crippen MR) is 55.8 cm³/mol. The highest BCUT2D eigenvalue weighted by Gasteiger charge is 2.15. The minimum atomic E-state index is -0.325. The first-order valence-electron chi connectivity index (χ1n) is 4.58. The summed E-state index contributed by atoms with van der Waals surface area (Å²) < 4.78 is 18.6. The second kappa shape index (κ2) is 3.38. The van der Waals surface area contributed by atoms with Gasteiger partial charge in [0.05, 0.1) is 5.56 Å². The molecule has 2 aromatic rings. The third-order valence-corrected chi connectivity index (χ3v) is 2.33. The summed E-state index contributed by atoms with van der Waals surface area (Å²) in [7, 11) is 0. The largest absolute Gasteiger partial charge is 0.381 e. The van der Waals surface area contributed by atoms with Crippen molar-refractivity contribution in [3.8, 4) is 11.3 Å². The molecule has 0 aliphatic heterocycles. The van der Waals surface area contributed by atoms with E-state index in [0.29, 0.717) is 22.7 Å². The number of aromatic nitrogens is 1. The number of nitrogen functional groups attached to an aromatic ring is 1. The molecule has 4 heteroatoms. The van der Waals surface area contributed by atoms with Crippen LogP contribution in [0.1, 0.15) is 11.1 Å². The van der Waals surface area contributed by atoms with E-state index in [1.165, 1.54) is 6.07 Å². The van der Waals surface area contributed by atoms with E-state index in [4.69, 9.17) is 10.3 Å². The highest BCUT2D eigenvalue weighted by molar-refractivity contribution is 5.66. The summed E-state index contributed by atoms with van der Waals surface area (Å²) in [6.07, 6.45) is 0. The monoisotopic (exact) mass is 206 g/mol. The third kappa shape index (κ3) is 1.58. The molecule has 0 radical (unpaired) electrons. The topological polar surface area (TPSA) is 52.0 Å². The number of halogens is 1. The van der Waals surface area contributed by atoms with Crippen LogP contribution in [0.25, 0.3) is 11.3 Å². The van der Waals surface area contributed by atoms with Crippen molar-refractivity contribution < 1.29 is 8.91 Å². The van der Waals surface area contributed by atoms with E-state index in [0.717, 1.165) is 5.56 Å². The van der Waals surface area contributed by atoms with Gasteiger partial charge in [-0.3, -0.25) is 0 Å². The van der Waals surface area contributed by atoms with Crippen molar-refractivity contribution in [2.24, 2.45) is 0 Å². The number of nitrogens with zero attached hydrogens (tertiary/aromatic N) is 1. The fourth-order valence-electron chi connectivity index (χ4n) is 1.40. The molecule has 15 heavy (non-hydrogen) atoms. The van der Waals surface area contributed by atoms with Crippen molar-refractivity contribution in [3.63, 3.8) is 0 Å². The summed E-state index contributed by atoms with van der Waals surface area (Å²) in [6.45, 7) is 3.58. The Hall–Kier alpha value is -1.84. The van der Waals surface area contributed by atoms with Crippen LogP contribution in [0, 0.1) is 19.7 Å². The van der Waals surface area contributed by atoms with E-state index in [2.05, 4.69) is 5.16 Å². The van der Waals surface area contributed by atoms with Gasteiger partial charge in [-0.25, -0.2) is 4.39 Å². The molecule has 2 N–H and O–H groups in total. The van der Waals surface area contributed by atoms with Gasteiger partial charge in [-0.1, -0.05) is 11.2 Å². The molecule has 0 saturated carbocycles. The Bertz CT molecular complexity index is 505. The summed E-state index contributed by atoms with van der Waals surface area (Å²) in [5, 5.41) is 3.59. The molecule has 0 atom stereocenters. The molecule has 1 aromatic heterocycles. The van der Waals surface area contributed by atoms with Crippen LogP contribution >= 0.6 is 0 Å². The van der Waals surface area contributed by atoms with E-state index in [9.17, 15) is 4.39 Å². The Morgan fingerprint density at radius 2 is 2.07 bits per heavy atom. The smallest absolute Gasteiger partial charge is 0.174 e. The summed E-state index contributed by atoms with van der Waals surface area (Å²) in [5.74, 6) is 0.365. The first kappa shape index (κ1) is 9.71. The molecule has 0 spiro atoms. The average molecular weight is 206 g/mol. The SMILES string of the molecule is Cc1ccc(-c2onc(N)c2C)c(F)c1. The quantitative estimate of drug-likeness (QED) is 0.780. The zero-order valence-electron chi connectivity index (χ0n) is 8.54. The molecule has 0 amide bonds. The number of anilines is 1. The van der Waals surface area contributed by atoms with Crippen LogP contribution in [0.2, 0.25) is 0 Å². The van der Waals surface area contributed by atoms with Crippen molar-refractivity contribution in [1.82, 2.24) is 5.16 Å². The van der Waals surface area contributed by atoms with Crippen molar-refractivity contribution in [3.05, 3.63) is 35.1 Å². The van der Waals surface area contributed by atoms with Gasteiger partial charge in [0.1, 0.15) is 5.82 Å². The van der Waals surface area contributed by atoms with Crippen molar-refractivity contribution >= 4 is 5.82 Å². The number of hydrogen-bond donors (Lipinski definition) is 1. The lowest BCUT2D eigenvalue weighted by Gasteiger charge is -2.00. The van der Waals surface area contributed by atoms with Gasteiger partial charge >= 0.3 is 0 Å². The van der Waals surface area contributed by atoms with Gasteiger partial charge < -0.3 is 10.3 Å². The molecule has 0 saturated heterocycles. The van der Waals surface area contributed by atoms with Crippen LogP contribution in [0.3, 0.4) is 0 Å². The molecule has 1 heterocycles. The highest BCUT2D eigenvalue weighted by Crippen LogP contribution is 2.29. The Labute approximate surface area is 86.7 Å². The Kier molecular flexibility index (Phi) is 2.19. The summed E-state index contributed by atoms with van der Waals surface area (Å²) in [5.41, 5.74) is 7.45. The zero-order chi connectivity index (χ0) is 11.0. The van der Waals surface area contributed by atoms with E-state index in [1.807, 2.05) is 13.0 Å². The van der Waals surface area contributed by atoms with Crippen molar-refractivity contribution in [2.75, 3.05) is 5.73 Å². The molecule has 1 aromatic carbocycles. The predicted octanol–water partition coefficient (Wildman–Crippen LogP) is 2.68. The molecule has 0 bridgehead atoms. The number of hydrogen-bond acceptors (Lipinski definition) is 3. The maximum Gasteiger partial charge on any atom is 0.174 e. The second-order valence-corrected chi connectivity index (χ2v) is 3.51. The van der Waals surface area contributed by atoms with Crippen LogP contribution in [-0.2, 0) is 0 Å². The van der Waals surface area contributed by atoms with Gasteiger partial charge in [-0.15, -0.1) is 0 Å². The normalized spacial score (nSPS) is 10.6. The van der Waals surface area contributed by atoms with Crippen LogP contribution in [0.4, 0.5) is 10.2 Å². The van der Waals surface area contributed by atoms with Gasteiger partial charge in [0.25, 0.3) is 0 Å². The summed E-state index contributed by atoms with van der Waals surface area (Å²) in [4.78, 5) is 0. The zero-order valence-corrected chi connectivity index (χ0v) is 8.54. The number of benzene rings is 1. The third-order valence-electron chi connectivity index (χ3n) is 2.33. The van der Waals surface area contributed by atoms with Gasteiger partial charge in [-0.2, -0.15) is 0 Å². The fraction of sp³-hybridized carbons (Fsp3) is 0.182. The molecule has 0 aliphatic carbocycles. The van der Waals surface area contributed by atoms with Gasteiger partial charge in [-0.05, 0) is 31.5 Å². The summed E-state index contributed by atoms with van der Waals surface area (Å²) in [6, 6.07) is 4.93. The first-order chi connectivity index (χ1) is 7.09. The molecular formula is C11H11FN2O. The maximum absolute atomic E-state index is 13.6. The Morgan fingerprint density at radius 3 is 2.60 bits per heavy atom. The number of aryl methyl sites for hydroxylation is 1. The second-order valence-electron chi connectivity index (χ2n) is 3.51. The van der Waals surface area contributed by atoms with Crippen molar-refractivity contribution in [1.29, 1.82) is 0 Å². The standard InChI is InChI=1S/C11H11FN2O/c1-6-3-4-8(9(12)5-6)10-7(2)11(13)14-15-10/h3-5H,1-2H3,(H2,13,14). The lowest BCUT2D eigenvalue weighted by atomic mass is 10.1. The minimum absolute atomic E-state index is 0.296. The Balaban J connectivity index is 2.59. The van der Waals surface area contributed by atoms with Gasteiger partial charge in [0.15, 0.2) is 11.6 Å². The lowest BCUT2D eigenvalue weighted by Crippen LogP contribution is -1.88. The molecule has 0 fully saturated rings. The molecule has 78 valence electrons. The highest BCUT2D eigenvalue weighted by atomic mass is 19.1. The lowest BCUT2D eigenvalue weighted by molar-refractivity contribution is 0.433. The van der Waals surface area contributed by atoms with E-state index in [1.54, 1.807) is 13.0 Å². The number of rotatable bonds is 1. The average Bonchev–Trinajstić information content (AvgIpc) is 2.49. The van der Waals surface area contributed by atoms with Crippen LogP contribution in [-0.4, -0.2) is 5.16 Å². The van der Waals surface area contributed by atoms with Crippen LogP contribution in [0.5, 0.6) is 0 Å². The minimum Gasteiger partial charge on any atom is -0.381 e. The molecule has 3 nitrogen and oxygen atoms in total. The molecule has 2 rings (SSSR count). The van der Waals surface area contributed by atoms with E-state index < -0.39 is 0 Å². The molecule has 0 aliphatic rings. The molecule has 0 unspecified atom stereocenters. The summed E-state index contributed by atoms with van der Waals surface area (Å²) >= 11 is 0. The van der Waals surface area contributed by atoms with Crippen LogP contribution in [0.15, 0.2) is 22.7 Å². The van der Waals surface area contributed by atoms with Crippen LogP contribution < -0.4 is 5.73 Å². The van der Waals surface area contributed by atoms with Crippen molar-refractivity contribution in [2.45, 2.75) is 13.8 Å². The maximum atomic E-state index is 13.6. The molecular weight excluding hydrogens is 195 g/mol. The van der Waals surface area contributed by atoms with E-state index >= 15 is 0 Å². The first-order valence-corrected chi connectivity index (χ1v) is 4.58. The van der Waals surface area contributed by atoms with E-state index in [-0.39, 0.29) is 5.82 Å². The van der Waals surface area contributed by atoms with Gasteiger partial charge in [0.2, 0.25) is 0 Å².